The molecule has 0 heterocycles. The van der Waals surface area contributed by atoms with Crippen LogP contribution in [0.4, 0.5) is 5.69 Å². The highest BCUT2D eigenvalue weighted by Gasteiger charge is 2.24. The number of ether oxygens (including phenoxy) is 2. The van der Waals surface area contributed by atoms with E-state index in [1.807, 2.05) is 18.2 Å². The molecule has 2 aromatic carbocycles. The topological polar surface area (TPSA) is 84.9 Å². The van der Waals surface area contributed by atoms with Gasteiger partial charge >= 0.3 is 0 Å². The molecule has 0 unspecified atom stereocenters. The molecule has 28 heavy (non-hydrogen) atoms. The first-order valence-electron chi connectivity index (χ1n) is 9.04. The summed E-state index contributed by atoms with van der Waals surface area (Å²) in [4.78, 5) is 12.6. The minimum absolute atomic E-state index is 0.0870. The zero-order chi connectivity index (χ0) is 20.7. The van der Waals surface area contributed by atoms with Crippen LogP contribution in [0.15, 0.2) is 53.4 Å². The maximum atomic E-state index is 12.8. The van der Waals surface area contributed by atoms with Crippen LogP contribution in [0.5, 0.6) is 11.5 Å². The van der Waals surface area contributed by atoms with Gasteiger partial charge in [-0.2, -0.15) is 4.31 Å². The predicted molar refractivity (Wildman–Crippen MR) is 108 cm³/mol. The number of rotatable bonds is 9. The first-order chi connectivity index (χ1) is 13.3. The molecule has 1 amide bonds. The summed E-state index contributed by atoms with van der Waals surface area (Å²) in [5.74, 6) is 0.508. The highest BCUT2D eigenvalue weighted by molar-refractivity contribution is 7.89. The molecule has 1 atom stereocenters. The van der Waals surface area contributed by atoms with Gasteiger partial charge < -0.3 is 14.8 Å². The largest absolute Gasteiger partial charge is 0.495 e. The van der Waals surface area contributed by atoms with E-state index in [9.17, 15) is 13.2 Å². The molecule has 0 aromatic heterocycles. The lowest BCUT2D eigenvalue weighted by Gasteiger charge is -2.20. The van der Waals surface area contributed by atoms with Gasteiger partial charge in [-0.25, -0.2) is 8.42 Å². The molecule has 0 bridgehead atoms. The maximum absolute atomic E-state index is 12.8. The second kappa shape index (κ2) is 9.57. The van der Waals surface area contributed by atoms with Crippen LogP contribution in [0.25, 0.3) is 0 Å². The predicted octanol–water partition coefficient (Wildman–Crippen LogP) is 3.13. The van der Waals surface area contributed by atoms with Crippen molar-refractivity contribution in [3.8, 4) is 11.5 Å². The lowest BCUT2D eigenvalue weighted by molar-refractivity contribution is -0.122. The minimum atomic E-state index is -3.66. The van der Waals surface area contributed by atoms with E-state index in [0.717, 1.165) is 0 Å². The van der Waals surface area contributed by atoms with Crippen LogP contribution in [-0.4, -0.2) is 44.9 Å². The van der Waals surface area contributed by atoms with E-state index in [0.29, 0.717) is 24.6 Å². The number of nitrogens with zero attached hydrogens (tertiary/aromatic N) is 1. The molecule has 0 aliphatic carbocycles. The van der Waals surface area contributed by atoms with Crippen molar-refractivity contribution in [1.82, 2.24) is 4.31 Å². The molecule has 2 aromatic rings. The van der Waals surface area contributed by atoms with Gasteiger partial charge in [0.05, 0.1) is 17.7 Å². The summed E-state index contributed by atoms with van der Waals surface area (Å²) in [6.45, 7) is 5.88. The average molecular weight is 407 g/mol. The van der Waals surface area contributed by atoms with E-state index in [-0.39, 0.29) is 10.6 Å². The fraction of sp³-hybridized carbons (Fsp3) is 0.350. The lowest BCUT2D eigenvalue weighted by atomic mass is 10.2. The summed E-state index contributed by atoms with van der Waals surface area (Å²) in [6, 6.07) is 13.4. The van der Waals surface area contributed by atoms with Crippen LogP contribution in [0.3, 0.4) is 0 Å². The third-order valence-corrected chi connectivity index (χ3v) is 6.24. The second-order valence-corrected chi connectivity index (χ2v) is 7.95. The highest BCUT2D eigenvalue weighted by Crippen LogP contribution is 2.29. The summed E-state index contributed by atoms with van der Waals surface area (Å²) in [5.41, 5.74) is 0.268. The number of methoxy groups -OCH3 is 1. The molecular weight excluding hydrogens is 380 g/mol. The Bertz CT molecular complexity index is 896. The van der Waals surface area contributed by atoms with Crippen molar-refractivity contribution in [2.75, 3.05) is 25.5 Å². The van der Waals surface area contributed by atoms with Crippen LogP contribution in [0.2, 0.25) is 0 Å². The Morgan fingerprint density at radius 3 is 2.32 bits per heavy atom. The zero-order valence-electron chi connectivity index (χ0n) is 16.5. The highest BCUT2D eigenvalue weighted by atomic mass is 32.2. The molecule has 0 saturated heterocycles. The maximum Gasteiger partial charge on any atom is 0.265 e. The van der Waals surface area contributed by atoms with Gasteiger partial charge in [0, 0.05) is 13.1 Å². The number of para-hydroxylation sites is 1. The van der Waals surface area contributed by atoms with Gasteiger partial charge in [0.1, 0.15) is 11.5 Å². The van der Waals surface area contributed by atoms with Crippen molar-refractivity contribution >= 4 is 21.6 Å². The van der Waals surface area contributed by atoms with Crippen molar-refractivity contribution in [2.45, 2.75) is 31.8 Å². The monoisotopic (exact) mass is 406 g/mol. The normalized spacial score (nSPS) is 12.5. The molecule has 0 fully saturated rings. The van der Waals surface area contributed by atoms with E-state index in [1.165, 1.54) is 29.6 Å². The summed E-state index contributed by atoms with van der Waals surface area (Å²) >= 11 is 0. The van der Waals surface area contributed by atoms with E-state index in [2.05, 4.69) is 5.32 Å². The van der Waals surface area contributed by atoms with Crippen LogP contribution >= 0.6 is 0 Å². The zero-order valence-corrected chi connectivity index (χ0v) is 17.3. The van der Waals surface area contributed by atoms with Gasteiger partial charge in [0.15, 0.2) is 6.10 Å². The van der Waals surface area contributed by atoms with Gasteiger partial charge in [-0.05, 0) is 37.3 Å². The third kappa shape index (κ3) is 5.02. The Morgan fingerprint density at radius 1 is 1.11 bits per heavy atom. The number of sulfonamides is 1. The molecule has 0 radical (unpaired) electrons. The molecule has 8 heteroatoms. The summed E-state index contributed by atoms with van der Waals surface area (Å²) in [5, 5.41) is 2.70. The number of amides is 1. The van der Waals surface area contributed by atoms with Crippen molar-refractivity contribution < 1.29 is 22.7 Å². The number of carbonyl (C=O) groups is 1. The molecule has 2 rings (SSSR count). The Labute approximate surface area is 166 Å². The third-order valence-electron chi connectivity index (χ3n) is 4.20. The molecule has 7 nitrogen and oxygen atoms in total. The number of hydrogen-bond acceptors (Lipinski definition) is 5. The van der Waals surface area contributed by atoms with E-state index < -0.39 is 22.0 Å². The standard InChI is InChI=1S/C20H26N2O5S/c1-5-22(6-2)28(24,25)17-12-13-19(26-4)18(14-17)21-20(23)15(3)27-16-10-8-7-9-11-16/h7-15H,5-6H2,1-4H3,(H,21,23)/t15-/m1/s1. The minimum Gasteiger partial charge on any atom is -0.495 e. The molecule has 1 N–H and O–H groups in total. The van der Waals surface area contributed by atoms with Gasteiger partial charge in [-0.1, -0.05) is 32.0 Å². The molecule has 0 aliphatic heterocycles. The first kappa shape index (κ1) is 21.7. The van der Waals surface area contributed by atoms with Gasteiger partial charge in [0.25, 0.3) is 5.91 Å². The average Bonchev–Trinajstić information content (AvgIpc) is 2.69. The van der Waals surface area contributed by atoms with Crippen LogP contribution in [0.1, 0.15) is 20.8 Å². The fourth-order valence-corrected chi connectivity index (χ4v) is 4.13. The lowest BCUT2D eigenvalue weighted by Crippen LogP contribution is -2.31. The summed E-state index contributed by atoms with van der Waals surface area (Å²) in [6.07, 6.45) is -0.782. The van der Waals surface area contributed by atoms with Crippen LogP contribution in [-0.2, 0) is 14.8 Å². The molecule has 0 aliphatic rings. The Kier molecular flexibility index (Phi) is 7.42. The van der Waals surface area contributed by atoms with Crippen molar-refractivity contribution in [2.24, 2.45) is 0 Å². The second-order valence-electron chi connectivity index (χ2n) is 6.01. The smallest absolute Gasteiger partial charge is 0.265 e. The number of nitrogens with one attached hydrogen (secondary N) is 1. The van der Waals surface area contributed by atoms with E-state index in [1.54, 1.807) is 32.9 Å². The quantitative estimate of drug-likeness (QED) is 0.692. The van der Waals surface area contributed by atoms with Crippen molar-refractivity contribution in [1.29, 1.82) is 0 Å². The number of carbonyl (C=O) groups excluding carboxylic acids is 1. The Hall–Kier alpha value is -2.58. The van der Waals surface area contributed by atoms with Crippen LogP contribution in [0, 0.1) is 0 Å². The SMILES string of the molecule is CCN(CC)S(=O)(=O)c1ccc(OC)c(NC(=O)[C@@H](C)Oc2ccccc2)c1. The van der Waals surface area contributed by atoms with Crippen molar-refractivity contribution in [3.05, 3.63) is 48.5 Å². The van der Waals surface area contributed by atoms with E-state index in [4.69, 9.17) is 9.47 Å². The van der Waals surface area contributed by atoms with Crippen molar-refractivity contribution in [3.63, 3.8) is 0 Å². The number of benzene rings is 2. The van der Waals surface area contributed by atoms with E-state index >= 15 is 0 Å². The molecule has 0 spiro atoms. The number of anilines is 1. The molecule has 0 saturated carbocycles. The first-order valence-corrected chi connectivity index (χ1v) is 10.5. The van der Waals surface area contributed by atoms with Gasteiger partial charge in [0.2, 0.25) is 10.0 Å². The summed E-state index contributed by atoms with van der Waals surface area (Å²) < 4.78 is 37.7. The Balaban J connectivity index is 2.25. The fourth-order valence-electron chi connectivity index (χ4n) is 2.65. The van der Waals surface area contributed by atoms with Gasteiger partial charge in [-0.15, -0.1) is 0 Å². The van der Waals surface area contributed by atoms with Crippen LogP contribution < -0.4 is 14.8 Å². The summed E-state index contributed by atoms with van der Waals surface area (Å²) in [7, 11) is -2.21. The Morgan fingerprint density at radius 2 is 1.75 bits per heavy atom. The van der Waals surface area contributed by atoms with Gasteiger partial charge in [-0.3, -0.25) is 4.79 Å². The molecular formula is C20H26N2O5S. The number of hydrogen-bond donors (Lipinski definition) is 1. The molecule has 152 valence electrons.